The van der Waals surface area contributed by atoms with Gasteiger partial charge in [0.05, 0.1) is 19.4 Å². The Balaban J connectivity index is 1.39. The first kappa shape index (κ1) is 18.8. The molecule has 2 aliphatic heterocycles. The van der Waals surface area contributed by atoms with Crippen molar-refractivity contribution in [2.24, 2.45) is 11.8 Å². The molecular weight excluding hydrogens is 384 g/mol. The number of nitrogens with one attached hydrogen (secondary N) is 2. The molecule has 6 heteroatoms. The normalized spacial score (nSPS) is 24.2. The predicted octanol–water partition coefficient (Wildman–Crippen LogP) is 4.24. The second-order valence-electron chi connectivity index (χ2n) is 8.19. The van der Waals surface area contributed by atoms with Gasteiger partial charge < -0.3 is 19.5 Å². The van der Waals surface area contributed by atoms with E-state index in [-0.39, 0.29) is 5.97 Å². The zero-order chi connectivity index (χ0) is 19.8. The summed E-state index contributed by atoms with van der Waals surface area (Å²) in [4.78, 5) is 13.8. The van der Waals surface area contributed by atoms with Crippen LogP contribution in [-0.2, 0) is 11.2 Å². The van der Waals surface area contributed by atoms with E-state index in [0.717, 1.165) is 37.2 Å². The molecule has 0 radical (unpaired) electrons. The van der Waals surface area contributed by atoms with E-state index in [1.807, 2.05) is 6.07 Å². The fraction of sp³-hybridized carbons (Fsp3) is 0.435. The molecule has 0 aromatic heterocycles. The van der Waals surface area contributed by atoms with E-state index in [9.17, 15) is 4.79 Å². The Kier molecular flexibility index (Phi) is 5.14. The minimum atomic E-state index is -0.352. The molecule has 152 valence electrons. The van der Waals surface area contributed by atoms with Crippen LogP contribution in [0.25, 0.3) is 0 Å². The Morgan fingerprint density at radius 1 is 1.31 bits per heavy atom. The Hall–Kier alpha value is -2.18. The summed E-state index contributed by atoms with van der Waals surface area (Å²) in [6, 6.07) is 12.6. The maximum absolute atomic E-state index is 12.6. The quantitative estimate of drug-likeness (QED) is 0.549. The number of anilines is 1. The number of benzene rings is 2. The molecule has 3 unspecified atom stereocenters. The molecule has 3 atom stereocenters. The Morgan fingerprint density at radius 3 is 3.03 bits per heavy atom. The third kappa shape index (κ3) is 3.71. The van der Waals surface area contributed by atoms with Crippen LogP contribution in [0.1, 0.15) is 40.2 Å². The van der Waals surface area contributed by atoms with Gasteiger partial charge in [-0.15, -0.1) is 0 Å². The largest absolute Gasteiger partial charge is 0.492 e. The Bertz CT molecular complexity index is 926. The highest BCUT2D eigenvalue weighted by atomic mass is 32.2. The predicted molar refractivity (Wildman–Crippen MR) is 115 cm³/mol. The molecule has 2 N–H and O–H groups in total. The average Bonchev–Trinajstić information content (AvgIpc) is 3.39. The minimum Gasteiger partial charge on any atom is -0.492 e. The average molecular weight is 411 g/mol. The van der Waals surface area contributed by atoms with Crippen molar-refractivity contribution in [2.45, 2.75) is 30.1 Å². The van der Waals surface area contributed by atoms with Crippen molar-refractivity contribution in [3.8, 4) is 5.75 Å². The SMILES string of the molecule is COC(=O)c1c(NSc2ccccc2CC2CCNC2)ccc2c1OCC1CC21. The number of hydrogen-bond acceptors (Lipinski definition) is 6. The molecule has 2 fully saturated rings. The van der Waals surface area contributed by atoms with Gasteiger partial charge in [-0.2, -0.15) is 0 Å². The van der Waals surface area contributed by atoms with Crippen molar-refractivity contribution in [3.05, 3.63) is 53.1 Å². The number of methoxy groups -OCH3 is 1. The van der Waals surface area contributed by atoms with Gasteiger partial charge in [-0.3, -0.25) is 0 Å². The summed E-state index contributed by atoms with van der Waals surface area (Å²) in [5.74, 6) is 2.18. The van der Waals surface area contributed by atoms with Crippen molar-refractivity contribution in [2.75, 3.05) is 31.5 Å². The molecule has 0 bridgehead atoms. The third-order valence-electron chi connectivity index (χ3n) is 6.26. The highest BCUT2D eigenvalue weighted by molar-refractivity contribution is 8.00. The fourth-order valence-corrected chi connectivity index (χ4v) is 5.34. The van der Waals surface area contributed by atoms with Gasteiger partial charge in [-0.1, -0.05) is 24.3 Å². The summed E-state index contributed by atoms with van der Waals surface area (Å²) in [5, 5.41) is 3.44. The summed E-state index contributed by atoms with van der Waals surface area (Å²) in [6.45, 7) is 2.89. The third-order valence-corrected chi connectivity index (χ3v) is 7.20. The van der Waals surface area contributed by atoms with Gasteiger partial charge in [0.2, 0.25) is 0 Å². The summed E-state index contributed by atoms with van der Waals surface area (Å²) in [5.41, 5.74) is 3.75. The number of rotatable bonds is 6. The minimum absolute atomic E-state index is 0.352. The molecule has 1 saturated heterocycles. The van der Waals surface area contributed by atoms with Gasteiger partial charge in [0, 0.05) is 10.8 Å². The molecule has 2 aromatic carbocycles. The summed E-state index contributed by atoms with van der Waals surface area (Å²) >= 11 is 1.55. The zero-order valence-electron chi connectivity index (χ0n) is 16.6. The van der Waals surface area contributed by atoms with Gasteiger partial charge >= 0.3 is 5.97 Å². The van der Waals surface area contributed by atoms with Crippen LogP contribution < -0.4 is 14.8 Å². The van der Waals surface area contributed by atoms with Gasteiger partial charge in [-0.05, 0) is 79.4 Å². The summed E-state index contributed by atoms with van der Waals surface area (Å²) < 4.78 is 14.5. The molecule has 1 saturated carbocycles. The van der Waals surface area contributed by atoms with Crippen molar-refractivity contribution < 1.29 is 14.3 Å². The van der Waals surface area contributed by atoms with Crippen LogP contribution in [0.15, 0.2) is 41.3 Å². The molecule has 29 heavy (non-hydrogen) atoms. The lowest BCUT2D eigenvalue weighted by atomic mass is 9.99. The van der Waals surface area contributed by atoms with E-state index in [0.29, 0.717) is 35.7 Å². The highest BCUT2D eigenvalue weighted by Gasteiger charge is 2.45. The molecular formula is C23H26N2O3S. The molecule has 2 aromatic rings. The van der Waals surface area contributed by atoms with Gasteiger partial charge in [0.15, 0.2) is 0 Å². The number of hydrogen-bond donors (Lipinski definition) is 2. The van der Waals surface area contributed by atoms with Crippen molar-refractivity contribution >= 4 is 23.6 Å². The molecule has 0 spiro atoms. The van der Waals surface area contributed by atoms with Gasteiger partial charge in [0.25, 0.3) is 0 Å². The topological polar surface area (TPSA) is 59.6 Å². The smallest absolute Gasteiger partial charge is 0.343 e. The molecule has 5 nitrogen and oxygen atoms in total. The van der Waals surface area contributed by atoms with Crippen molar-refractivity contribution in [1.82, 2.24) is 5.32 Å². The monoisotopic (exact) mass is 410 g/mol. The van der Waals surface area contributed by atoms with Crippen LogP contribution in [0, 0.1) is 11.8 Å². The number of carbonyl (C=O) groups excluding carboxylic acids is 1. The molecule has 0 amide bonds. The van der Waals surface area contributed by atoms with Crippen molar-refractivity contribution in [3.63, 3.8) is 0 Å². The van der Waals surface area contributed by atoms with Crippen molar-refractivity contribution in [1.29, 1.82) is 0 Å². The summed E-state index contributed by atoms with van der Waals surface area (Å²) in [6.07, 6.45) is 3.44. The van der Waals surface area contributed by atoms with Crippen LogP contribution in [0.4, 0.5) is 5.69 Å². The number of fused-ring (bicyclic) bond motifs is 3. The van der Waals surface area contributed by atoms with Gasteiger partial charge in [0.1, 0.15) is 11.3 Å². The first-order valence-electron chi connectivity index (χ1n) is 10.3. The van der Waals surface area contributed by atoms with E-state index < -0.39 is 0 Å². The van der Waals surface area contributed by atoms with Crippen LogP contribution >= 0.6 is 11.9 Å². The van der Waals surface area contributed by atoms with E-state index >= 15 is 0 Å². The fourth-order valence-electron chi connectivity index (χ4n) is 4.52. The number of ether oxygens (including phenoxy) is 2. The maximum Gasteiger partial charge on any atom is 0.343 e. The molecule has 2 heterocycles. The van der Waals surface area contributed by atoms with E-state index in [1.165, 1.54) is 24.0 Å². The standard InChI is InChI=1S/C23H26N2O3S/c1-27-23(26)21-19(7-6-17-18-11-16(18)13-28-22(17)21)25-29-20-5-3-2-4-15(20)10-14-8-9-24-12-14/h2-7,14,16,18,24-25H,8-13H2,1H3. The zero-order valence-corrected chi connectivity index (χ0v) is 17.4. The van der Waals surface area contributed by atoms with Crippen LogP contribution in [-0.4, -0.2) is 32.8 Å². The highest BCUT2D eigenvalue weighted by Crippen LogP contribution is 2.55. The molecule has 1 aliphatic carbocycles. The van der Waals surface area contributed by atoms with E-state index in [4.69, 9.17) is 9.47 Å². The van der Waals surface area contributed by atoms with E-state index in [2.05, 4.69) is 40.4 Å². The van der Waals surface area contributed by atoms with Crippen LogP contribution in [0.3, 0.4) is 0 Å². The molecule has 3 aliphatic rings. The lowest BCUT2D eigenvalue weighted by molar-refractivity contribution is 0.0596. The van der Waals surface area contributed by atoms with Crippen LogP contribution in [0.2, 0.25) is 0 Å². The maximum atomic E-state index is 12.6. The lowest BCUT2D eigenvalue weighted by Crippen LogP contribution is -2.15. The number of esters is 1. The first-order valence-corrected chi connectivity index (χ1v) is 11.2. The second kappa shape index (κ2) is 7.92. The van der Waals surface area contributed by atoms with Gasteiger partial charge in [-0.25, -0.2) is 4.79 Å². The van der Waals surface area contributed by atoms with Crippen LogP contribution in [0.5, 0.6) is 5.75 Å². The lowest BCUT2D eigenvalue weighted by Gasteiger charge is -2.22. The second-order valence-corrected chi connectivity index (χ2v) is 9.03. The van der Waals surface area contributed by atoms with E-state index in [1.54, 1.807) is 11.9 Å². The Labute approximate surface area is 175 Å². The first-order chi connectivity index (χ1) is 14.2. The molecule has 5 rings (SSSR count). The number of carbonyl (C=O) groups is 1. The summed E-state index contributed by atoms with van der Waals surface area (Å²) in [7, 11) is 1.42. The Morgan fingerprint density at radius 2 is 2.21 bits per heavy atom.